The van der Waals surface area contributed by atoms with Gasteiger partial charge in [0.1, 0.15) is 0 Å². The first kappa shape index (κ1) is 13.0. The summed E-state index contributed by atoms with van der Waals surface area (Å²) in [5, 5.41) is 9.17. The van der Waals surface area contributed by atoms with Crippen LogP contribution in [-0.2, 0) is 4.79 Å². The van der Waals surface area contributed by atoms with Crippen LogP contribution in [0.25, 0.3) is 0 Å². The molecule has 1 saturated carbocycles. The minimum atomic E-state index is -0.917. The summed E-state index contributed by atoms with van der Waals surface area (Å²) >= 11 is 0. The number of rotatable bonds is 2. The average Bonchev–Trinajstić information content (AvgIpc) is 2.36. The topological polar surface area (TPSA) is 37.3 Å². The second-order valence-electron chi connectivity index (χ2n) is 4.94. The Balaban J connectivity index is 2.40. The molecule has 2 unspecified atom stereocenters. The summed E-state index contributed by atoms with van der Waals surface area (Å²) < 4.78 is 27.5. The molecule has 0 saturated heterocycles. The Morgan fingerprint density at radius 3 is 2.56 bits per heavy atom. The number of aliphatic carboxylic acids is 1. The predicted octanol–water partition coefficient (Wildman–Crippen LogP) is 3.63. The van der Waals surface area contributed by atoms with Crippen molar-refractivity contribution in [1.82, 2.24) is 0 Å². The van der Waals surface area contributed by atoms with E-state index in [1.54, 1.807) is 0 Å². The van der Waals surface area contributed by atoms with Crippen molar-refractivity contribution < 1.29 is 18.7 Å². The van der Waals surface area contributed by atoms with Gasteiger partial charge in [-0.1, -0.05) is 25.0 Å². The molecule has 0 aromatic heterocycles. The third-order valence-electron chi connectivity index (χ3n) is 3.79. The first-order valence-corrected chi connectivity index (χ1v) is 6.19. The quantitative estimate of drug-likeness (QED) is 0.875. The van der Waals surface area contributed by atoms with Gasteiger partial charge >= 0.3 is 5.97 Å². The Bertz CT molecular complexity index is 471. The maximum Gasteiger partial charge on any atom is 0.307 e. The molecule has 4 heteroatoms. The molecule has 0 heterocycles. The summed E-state index contributed by atoms with van der Waals surface area (Å²) in [6.07, 6.45) is 2.85. The van der Waals surface area contributed by atoms with Gasteiger partial charge in [-0.25, -0.2) is 8.78 Å². The van der Waals surface area contributed by atoms with Crippen molar-refractivity contribution in [1.29, 1.82) is 0 Å². The van der Waals surface area contributed by atoms with Gasteiger partial charge in [0, 0.05) is 5.92 Å². The van der Waals surface area contributed by atoms with Gasteiger partial charge in [0.25, 0.3) is 0 Å². The Kier molecular flexibility index (Phi) is 3.64. The average molecular weight is 254 g/mol. The minimum absolute atomic E-state index is 0.213. The molecule has 18 heavy (non-hydrogen) atoms. The van der Waals surface area contributed by atoms with Crippen LogP contribution in [0.2, 0.25) is 0 Å². The number of carboxylic acids is 1. The summed E-state index contributed by atoms with van der Waals surface area (Å²) in [7, 11) is 0. The molecule has 1 aliphatic rings. The maximum atomic E-state index is 13.9. The lowest BCUT2D eigenvalue weighted by atomic mass is 9.75. The zero-order valence-electron chi connectivity index (χ0n) is 10.2. The third-order valence-corrected chi connectivity index (χ3v) is 3.79. The van der Waals surface area contributed by atoms with Gasteiger partial charge in [-0.05, 0) is 30.9 Å². The molecule has 0 amide bonds. The fourth-order valence-electron chi connectivity index (χ4n) is 2.75. The highest BCUT2D eigenvalue weighted by molar-refractivity contribution is 5.71. The molecule has 0 spiro atoms. The molecule has 1 aliphatic carbocycles. The Morgan fingerprint density at radius 1 is 1.22 bits per heavy atom. The molecule has 1 aromatic rings. The van der Waals surface area contributed by atoms with Gasteiger partial charge in [0.05, 0.1) is 5.92 Å². The number of benzene rings is 1. The molecule has 0 bridgehead atoms. The van der Waals surface area contributed by atoms with Crippen molar-refractivity contribution in [3.63, 3.8) is 0 Å². The number of hydrogen-bond acceptors (Lipinski definition) is 1. The van der Waals surface area contributed by atoms with Crippen molar-refractivity contribution in [3.8, 4) is 0 Å². The van der Waals surface area contributed by atoms with Crippen LogP contribution >= 0.6 is 0 Å². The van der Waals surface area contributed by atoms with Gasteiger partial charge in [-0.2, -0.15) is 0 Å². The largest absolute Gasteiger partial charge is 0.481 e. The molecule has 1 aromatic carbocycles. The van der Waals surface area contributed by atoms with E-state index in [9.17, 15) is 13.6 Å². The van der Waals surface area contributed by atoms with E-state index >= 15 is 0 Å². The molecule has 2 rings (SSSR count). The van der Waals surface area contributed by atoms with Crippen molar-refractivity contribution in [2.24, 2.45) is 5.92 Å². The highest BCUT2D eigenvalue weighted by Crippen LogP contribution is 2.39. The van der Waals surface area contributed by atoms with Gasteiger partial charge in [0.2, 0.25) is 0 Å². The predicted molar refractivity (Wildman–Crippen MR) is 63.4 cm³/mol. The SMILES string of the molecule is Cc1ccc(C2CCCCC2C(=O)O)c(F)c1F. The summed E-state index contributed by atoms with van der Waals surface area (Å²) in [6, 6.07) is 3.04. The lowest BCUT2D eigenvalue weighted by Gasteiger charge is -2.29. The highest BCUT2D eigenvalue weighted by atomic mass is 19.2. The highest BCUT2D eigenvalue weighted by Gasteiger charge is 2.34. The van der Waals surface area contributed by atoms with Crippen LogP contribution in [-0.4, -0.2) is 11.1 Å². The number of carbonyl (C=O) groups is 1. The Hall–Kier alpha value is -1.45. The lowest BCUT2D eigenvalue weighted by molar-refractivity contribution is -0.143. The summed E-state index contributed by atoms with van der Waals surface area (Å²) in [5.74, 6) is -3.67. The van der Waals surface area contributed by atoms with E-state index in [0.29, 0.717) is 12.8 Å². The van der Waals surface area contributed by atoms with E-state index < -0.39 is 29.4 Å². The van der Waals surface area contributed by atoms with Gasteiger partial charge in [-0.15, -0.1) is 0 Å². The first-order chi connectivity index (χ1) is 8.52. The number of halogens is 2. The van der Waals surface area contributed by atoms with Gasteiger partial charge in [0.15, 0.2) is 11.6 Å². The van der Waals surface area contributed by atoms with Crippen LogP contribution in [0.3, 0.4) is 0 Å². The lowest BCUT2D eigenvalue weighted by Crippen LogP contribution is -2.26. The molecular weight excluding hydrogens is 238 g/mol. The van der Waals surface area contributed by atoms with Crippen LogP contribution in [0.15, 0.2) is 12.1 Å². The summed E-state index contributed by atoms with van der Waals surface area (Å²) in [6.45, 7) is 1.50. The second kappa shape index (κ2) is 5.04. The fourth-order valence-corrected chi connectivity index (χ4v) is 2.75. The Labute approximate surface area is 105 Å². The van der Waals surface area contributed by atoms with E-state index in [-0.39, 0.29) is 11.1 Å². The van der Waals surface area contributed by atoms with Crippen molar-refractivity contribution in [3.05, 3.63) is 34.9 Å². The Morgan fingerprint density at radius 2 is 1.89 bits per heavy atom. The van der Waals surface area contributed by atoms with E-state index in [1.165, 1.54) is 19.1 Å². The summed E-state index contributed by atoms with van der Waals surface area (Å²) in [5.41, 5.74) is 0.462. The standard InChI is InChI=1S/C14H16F2O2/c1-8-6-7-10(13(16)12(8)15)9-4-2-3-5-11(9)14(17)18/h6-7,9,11H,2-5H2,1H3,(H,17,18). The molecule has 98 valence electrons. The minimum Gasteiger partial charge on any atom is -0.481 e. The first-order valence-electron chi connectivity index (χ1n) is 6.19. The molecule has 0 radical (unpaired) electrons. The van der Waals surface area contributed by atoms with Crippen LogP contribution in [0.4, 0.5) is 8.78 Å². The molecule has 1 N–H and O–H groups in total. The molecule has 0 aliphatic heterocycles. The maximum absolute atomic E-state index is 13.9. The number of aryl methyl sites for hydroxylation is 1. The van der Waals surface area contributed by atoms with Crippen LogP contribution in [0, 0.1) is 24.5 Å². The normalized spacial score (nSPS) is 23.9. The van der Waals surface area contributed by atoms with E-state index in [4.69, 9.17) is 5.11 Å². The van der Waals surface area contributed by atoms with E-state index in [2.05, 4.69) is 0 Å². The fraction of sp³-hybridized carbons (Fsp3) is 0.500. The number of carboxylic acid groups (broad SMARTS) is 1. The smallest absolute Gasteiger partial charge is 0.307 e. The molecule has 2 atom stereocenters. The van der Waals surface area contributed by atoms with Crippen LogP contribution < -0.4 is 0 Å². The van der Waals surface area contributed by atoms with Crippen LogP contribution in [0.1, 0.15) is 42.7 Å². The van der Waals surface area contributed by atoms with Gasteiger partial charge in [-0.3, -0.25) is 4.79 Å². The third kappa shape index (κ3) is 2.24. The zero-order chi connectivity index (χ0) is 13.3. The molecule has 2 nitrogen and oxygen atoms in total. The van der Waals surface area contributed by atoms with E-state index in [0.717, 1.165) is 12.8 Å². The van der Waals surface area contributed by atoms with Crippen molar-refractivity contribution in [2.75, 3.05) is 0 Å². The van der Waals surface area contributed by atoms with Gasteiger partial charge < -0.3 is 5.11 Å². The second-order valence-corrected chi connectivity index (χ2v) is 4.94. The monoisotopic (exact) mass is 254 g/mol. The molecular formula is C14H16F2O2. The van der Waals surface area contributed by atoms with Crippen molar-refractivity contribution in [2.45, 2.75) is 38.5 Å². The molecule has 1 fully saturated rings. The summed E-state index contributed by atoms with van der Waals surface area (Å²) in [4.78, 5) is 11.2. The van der Waals surface area contributed by atoms with Crippen molar-refractivity contribution >= 4 is 5.97 Å². The zero-order valence-corrected chi connectivity index (χ0v) is 10.2. The van der Waals surface area contributed by atoms with Crippen LogP contribution in [0.5, 0.6) is 0 Å². The van der Waals surface area contributed by atoms with E-state index in [1.807, 2.05) is 0 Å². The number of hydrogen-bond donors (Lipinski definition) is 1.